The lowest BCUT2D eigenvalue weighted by Gasteiger charge is -1.98. The molecule has 0 aliphatic heterocycles. The Morgan fingerprint density at radius 2 is 2.25 bits per heavy atom. The lowest BCUT2D eigenvalue weighted by molar-refractivity contribution is 1.21. The van der Waals surface area contributed by atoms with Crippen molar-refractivity contribution in [3.8, 4) is 0 Å². The quantitative estimate of drug-likeness (QED) is 0.609. The third-order valence-corrected chi connectivity index (χ3v) is 2.35. The zero-order chi connectivity index (χ0) is 8.97. The van der Waals surface area contributed by atoms with Crippen LogP contribution in [0.2, 0.25) is 0 Å². The molecule has 0 amide bonds. The maximum atomic E-state index is 4.16. The van der Waals surface area contributed by atoms with Crippen LogP contribution in [0, 0.1) is 6.92 Å². The normalized spacial score (nSPS) is 10.6. The first-order valence-corrected chi connectivity index (χ1v) is 4.49. The van der Waals surface area contributed by atoms with E-state index in [-0.39, 0.29) is 0 Å². The van der Waals surface area contributed by atoms with Gasteiger partial charge in [0, 0.05) is 11.5 Å². The molecule has 0 aromatic heterocycles. The Morgan fingerprint density at radius 1 is 1.50 bits per heavy atom. The monoisotopic (exact) mass is 226 g/mol. The van der Waals surface area contributed by atoms with Gasteiger partial charge < -0.3 is 5.32 Å². The van der Waals surface area contributed by atoms with Crippen molar-refractivity contribution in [3.63, 3.8) is 0 Å². The zero-order valence-electron chi connectivity index (χ0n) is 7.13. The number of aliphatic imine (C=N–C) groups is 1. The van der Waals surface area contributed by atoms with Gasteiger partial charge in [-0.1, -0.05) is 22.0 Å². The third-order valence-electron chi connectivity index (χ3n) is 1.50. The van der Waals surface area contributed by atoms with Crippen molar-refractivity contribution in [2.75, 3.05) is 7.05 Å². The van der Waals surface area contributed by atoms with Gasteiger partial charge in [-0.25, -0.2) is 4.99 Å². The number of benzene rings is 1. The molecule has 0 saturated heterocycles. The van der Waals surface area contributed by atoms with E-state index < -0.39 is 0 Å². The predicted octanol–water partition coefficient (Wildman–Crippen LogP) is 2.64. The third kappa shape index (κ3) is 2.34. The number of rotatable bonds is 2. The van der Waals surface area contributed by atoms with E-state index in [1.165, 1.54) is 5.56 Å². The molecule has 3 heteroatoms. The minimum Gasteiger partial charge on any atom is -0.379 e. The molecule has 1 aromatic carbocycles. The number of halogens is 1. The highest BCUT2D eigenvalue weighted by Crippen LogP contribution is 2.21. The van der Waals surface area contributed by atoms with Gasteiger partial charge in [0.2, 0.25) is 0 Å². The molecule has 0 atom stereocenters. The van der Waals surface area contributed by atoms with E-state index in [2.05, 4.69) is 33.2 Å². The Morgan fingerprint density at radius 3 is 2.83 bits per heavy atom. The Hall–Kier alpha value is -0.830. The molecular weight excluding hydrogens is 216 g/mol. The number of nitrogens with zero attached hydrogens (tertiary/aromatic N) is 1. The van der Waals surface area contributed by atoms with Crippen molar-refractivity contribution >= 4 is 28.0 Å². The summed E-state index contributed by atoms with van der Waals surface area (Å²) in [6.07, 6.45) is 1.66. The lowest BCUT2D eigenvalue weighted by Crippen LogP contribution is -1.99. The van der Waals surface area contributed by atoms with Crippen molar-refractivity contribution < 1.29 is 0 Å². The van der Waals surface area contributed by atoms with Crippen molar-refractivity contribution in [2.45, 2.75) is 6.92 Å². The minimum atomic E-state index is 0.946. The van der Waals surface area contributed by atoms with Gasteiger partial charge in [0.25, 0.3) is 0 Å². The number of aryl methyl sites for hydroxylation is 1. The summed E-state index contributed by atoms with van der Waals surface area (Å²) in [5, 5.41) is 2.84. The Balaban J connectivity index is 2.89. The van der Waals surface area contributed by atoms with Gasteiger partial charge in [-0.3, -0.25) is 0 Å². The topological polar surface area (TPSA) is 24.4 Å². The highest BCUT2D eigenvalue weighted by atomic mass is 79.9. The number of nitrogens with one attached hydrogen (secondary N) is 1. The Bertz CT molecular complexity index is 295. The van der Waals surface area contributed by atoms with Crippen molar-refractivity contribution in [1.29, 1.82) is 0 Å². The van der Waals surface area contributed by atoms with Crippen LogP contribution in [0.15, 0.2) is 27.7 Å². The highest BCUT2D eigenvalue weighted by molar-refractivity contribution is 9.10. The van der Waals surface area contributed by atoms with Crippen LogP contribution in [-0.2, 0) is 0 Å². The van der Waals surface area contributed by atoms with Crippen LogP contribution in [0.5, 0.6) is 0 Å². The largest absolute Gasteiger partial charge is 0.379 e. The Labute approximate surface area is 80.8 Å². The molecule has 0 fully saturated rings. The standard InChI is InChI=1S/C9H11BrN2/c1-7-3-4-8(5-9(7)10)12-6-11-2/h3-6H,1-2H3,(H,11,12). The lowest BCUT2D eigenvalue weighted by atomic mass is 10.2. The van der Waals surface area contributed by atoms with E-state index in [0.717, 1.165) is 10.2 Å². The summed E-state index contributed by atoms with van der Waals surface area (Å²) in [4.78, 5) is 4.16. The second-order valence-electron chi connectivity index (χ2n) is 2.48. The first kappa shape index (κ1) is 9.26. The maximum Gasteiger partial charge on any atom is 0.0883 e. The van der Waals surface area contributed by atoms with Gasteiger partial charge in [0.1, 0.15) is 0 Å². The molecule has 64 valence electrons. The van der Waals surface area contributed by atoms with Crippen LogP contribution < -0.4 is 5.32 Å². The summed E-state index contributed by atoms with van der Waals surface area (Å²) in [5.74, 6) is 0. The van der Waals surface area contributed by atoms with E-state index in [1.807, 2.05) is 25.2 Å². The van der Waals surface area contributed by atoms with E-state index in [1.54, 1.807) is 6.34 Å². The fourth-order valence-corrected chi connectivity index (χ4v) is 1.17. The summed E-state index contributed by atoms with van der Waals surface area (Å²) in [7, 11) is 1.83. The second-order valence-corrected chi connectivity index (χ2v) is 3.33. The highest BCUT2D eigenvalue weighted by Gasteiger charge is 1.94. The molecule has 0 aliphatic carbocycles. The molecule has 1 aromatic rings. The van der Waals surface area contributed by atoms with Crippen molar-refractivity contribution in [2.24, 2.45) is 4.99 Å². The molecule has 0 unspecified atom stereocenters. The fourth-order valence-electron chi connectivity index (χ4n) is 0.801. The summed E-state index contributed by atoms with van der Waals surface area (Å²) in [6, 6.07) is 6.00. The molecule has 2 nitrogen and oxygen atoms in total. The van der Waals surface area contributed by atoms with Crippen LogP contribution in [0.1, 0.15) is 5.56 Å². The molecule has 0 aliphatic rings. The molecule has 1 rings (SSSR count). The molecule has 1 N–H and O–H groups in total. The molecule has 0 bridgehead atoms. The van der Waals surface area contributed by atoms with Crippen LogP contribution in [0.3, 0.4) is 0 Å². The summed E-state index contributed by atoms with van der Waals surface area (Å²) >= 11 is 3.44. The van der Waals surface area contributed by atoms with Gasteiger partial charge in [0.05, 0.1) is 12.0 Å². The zero-order valence-corrected chi connectivity index (χ0v) is 8.72. The van der Waals surface area contributed by atoms with Crippen LogP contribution in [0.25, 0.3) is 0 Å². The van der Waals surface area contributed by atoms with Crippen LogP contribution >= 0.6 is 15.9 Å². The predicted molar refractivity (Wildman–Crippen MR) is 56.1 cm³/mol. The molecule has 12 heavy (non-hydrogen) atoms. The van der Waals surface area contributed by atoms with Crippen molar-refractivity contribution in [3.05, 3.63) is 28.2 Å². The van der Waals surface area contributed by atoms with Gasteiger partial charge in [-0.2, -0.15) is 0 Å². The fraction of sp³-hybridized carbons (Fsp3) is 0.222. The molecule has 0 saturated carbocycles. The van der Waals surface area contributed by atoms with E-state index in [4.69, 9.17) is 0 Å². The number of hydrogen-bond acceptors (Lipinski definition) is 1. The first-order chi connectivity index (χ1) is 5.74. The summed E-state index contributed by atoms with van der Waals surface area (Å²) in [5.41, 5.74) is 2.17. The van der Waals surface area contributed by atoms with Crippen LogP contribution in [0.4, 0.5) is 5.69 Å². The van der Waals surface area contributed by atoms with Gasteiger partial charge in [-0.15, -0.1) is 0 Å². The number of hydrogen-bond donors (Lipinski definition) is 1. The summed E-state index contributed by atoms with van der Waals surface area (Å²) < 4.78 is 1.09. The minimum absolute atomic E-state index is 0.946. The molecular formula is C9H11BrN2. The van der Waals surface area contributed by atoms with Crippen molar-refractivity contribution in [1.82, 2.24) is 5.32 Å². The van der Waals surface area contributed by atoms with Gasteiger partial charge in [-0.05, 0) is 24.6 Å². The van der Waals surface area contributed by atoms with E-state index in [9.17, 15) is 0 Å². The molecule has 0 radical (unpaired) electrons. The average Bonchev–Trinajstić information content (AvgIpc) is 2.07. The van der Waals surface area contributed by atoms with Gasteiger partial charge >= 0.3 is 0 Å². The average molecular weight is 227 g/mol. The van der Waals surface area contributed by atoms with Crippen LogP contribution in [-0.4, -0.2) is 13.4 Å². The van der Waals surface area contributed by atoms with E-state index in [0.29, 0.717) is 0 Å². The maximum absolute atomic E-state index is 4.16. The molecule has 0 heterocycles. The second kappa shape index (κ2) is 4.26. The Kier molecular flexibility index (Phi) is 3.29. The first-order valence-electron chi connectivity index (χ1n) is 3.70. The SMILES string of the molecule is CNC=Nc1ccc(C)c(Br)c1. The van der Waals surface area contributed by atoms with Gasteiger partial charge in [0.15, 0.2) is 0 Å². The summed E-state index contributed by atoms with van der Waals surface area (Å²) in [6.45, 7) is 2.05. The molecule has 0 spiro atoms. The smallest absolute Gasteiger partial charge is 0.0883 e. The van der Waals surface area contributed by atoms with E-state index >= 15 is 0 Å².